The Kier molecular flexibility index (Phi) is 8.97. The van der Waals surface area contributed by atoms with E-state index in [0.29, 0.717) is 23.0 Å². The molecular weight excluding hydrogens is 860 g/mol. The highest BCUT2D eigenvalue weighted by Crippen LogP contribution is 2.41. The molecule has 0 aliphatic heterocycles. The quantitative estimate of drug-likeness (QED) is 0.160. The molecule has 0 unspecified atom stereocenters. The Morgan fingerprint density at radius 2 is 0.629 bits per heavy atom. The predicted molar refractivity (Wildman–Crippen MR) is 285 cm³/mol. The highest BCUT2D eigenvalue weighted by Gasteiger charge is 2.22. The van der Waals surface area contributed by atoms with E-state index in [2.05, 4.69) is 165 Å². The van der Waals surface area contributed by atoms with Gasteiger partial charge in [0.1, 0.15) is 5.82 Å². The maximum absolute atomic E-state index is 15.3. The van der Waals surface area contributed by atoms with Crippen molar-refractivity contribution in [1.82, 2.24) is 28.7 Å². The lowest BCUT2D eigenvalue weighted by molar-refractivity contribution is 0.628. The van der Waals surface area contributed by atoms with Gasteiger partial charge in [-0.25, -0.2) is 19.3 Å². The summed E-state index contributed by atoms with van der Waals surface area (Å²) < 4.78 is 22.4. The molecular formula is C63H39FN6. The third kappa shape index (κ3) is 6.29. The number of hydrogen-bond acceptors (Lipinski definition) is 3. The van der Waals surface area contributed by atoms with Crippen LogP contribution in [-0.2, 0) is 0 Å². The smallest absolute Gasteiger partial charge is 0.164 e. The van der Waals surface area contributed by atoms with E-state index < -0.39 is 0 Å². The summed E-state index contributed by atoms with van der Waals surface area (Å²) in [6.07, 6.45) is 0. The molecule has 0 fully saturated rings. The van der Waals surface area contributed by atoms with Crippen LogP contribution in [0.2, 0.25) is 0 Å². The molecule has 0 amide bonds. The van der Waals surface area contributed by atoms with E-state index in [9.17, 15) is 0 Å². The molecule has 4 aromatic heterocycles. The third-order valence-corrected chi connectivity index (χ3v) is 13.7. The van der Waals surface area contributed by atoms with Crippen LogP contribution in [0.15, 0.2) is 237 Å². The molecule has 0 aliphatic carbocycles. The maximum Gasteiger partial charge on any atom is 0.164 e. The van der Waals surface area contributed by atoms with E-state index >= 15 is 4.39 Å². The monoisotopic (exact) mass is 898 g/mol. The minimum absolute atomic E-state index is 0.323. The first-order valence-electron chi connectivity index (χ1n) is 23.5. The van der Waals surface area contributed by atoms with Crippen LogP contribution in [0.25, 0.3) is 128 Å². The van der Waals surface area contributed by atoms with Crippen LogP contribution in [0.5, 0.6) is 0 Å². The van der Waals surface area contributed by atoms with Gasteiger partial charge in [-0.3, -0.25) is 0 Å². The molecule has 0 atom stereocenters. The van der Waals surface area contributed by atoms with Crippen LogP contribution in [0, 0.1) is 5.82 Å². The Labute approximate surface area is 401 Å². The van der Waals surface area contributed by atoms with Crippen molar-refractivity contribution in [1.29, 1.82) is 0 Å². The molecule has 0 spiro atoms. The summed E-state index contributed by atoms with van der Waals surface area (Å²) >= 11 is 0. The zero-order chi connectivity index (χ0) is 46.3. The molecule has 0 saturated heterocycles. The minimum Gasteiger partial charge on any atom is -0.309 e. The Bertz CT molecular complexity index is 4040. The number of benzene rings is 10. The Morgan fingerprint density at radius 1 is 0.257 bits per heavy atom. The third-order valence-electron chi connectivity index (χ3n) is 13.7. The van der Waals surface area contributed by atoms with Crippen molar-refractivity contribution in [2.45, 2.75) is 0 Å². The molecule has 70 heavy (non-hydrogen) atoms. The zero-order valence-corrected chi connectivity index (χ0v) is 37.6. The second-order valence-corrected chi connectivity index (χ2v) is 17.8. The topological polar surface area (TPSA) is 53.5 Å². The fourth-order valence-electron chi connectivity index (χ4n) is 10.6. The van der Waals surface area contributed by atoms with Crippen LogP contribution in [0.4, 0.5) is 4.39 Å². The summed E-state index contributed by atoms with van der Waals surface area (Å²) in [6.45, 7) is 0. The molecule has 10 aromatic carbocycles. The Morgan fingerprint density at radius 3 is 1.10 bits per heavy atom. The summed E-state index contributed by atoms with van der Waals surface area (Å²) in [4.78, 5) is 15.5. The molecule has 0 radical (unpaired) electrons. The van der Waals surface area contributed by atoms with Crippen molar-refractivity contribution in [2.75, 3.05) is 0 Å². The van der Waals surface area contributed by atoms with Gasteiger partial charge in [-0.05, 0) is 83.9 Å². The minimum atomic E-state index is -0.323. The fourth-order valence-corrected chi connectivity index (χ4v) is 10.6. The normalized spacial score (nSPS) is 11.8. The van der Waals surface area contributed by atoms with Crippen molar-refractivity contribution in [3.05, 3.63) is 242 Å². The number of aromatic nitrogens is 6. The molecule has 14 aromatic rings. The van der Waals surface area contributed by atoms with Gasteiger partial charge in [-0.15, -0.1) is 0 Å². The second kappa shape index (κ2) is 15.8. The molecule has 328 valence electrons. The number of hydrogen-bond donors (Lipinski definition) is 0. The average Bonchev–Trinajstić information content (AvgIpc) is 4.06. The highest BCUT2D eigenvalue weighted by molar-refractivity contribution is 6.13. The van der Waals surface area contributed by atoms with Gasteiger partial charge in [-0.2, -0.15) is 0 Å². The summed E-state index contributed by atoms with van der Waals surface area (Å²) in [5, 5.41) is 7.04. The van der Waals surface area contributed by atoms with Crippen molar-refractivity contribution in [2.24, 2.45) is 0 Å². The van der Waals surface area contributed by atoms with E-state index in [4.69, 9.17) is 15.0 Å². The van der Waals surface area contributed by atoms with Crippen LogP contribution >= 0.6 is 0 Å². The van der Waals surface area contributed by atoms with E-state index in [1.54, 1.807) is 12.1 Å². The molecule has 0 aliphatic rings. The number of fused-ring (bicyclic) bond motifs is 9. The summed E-state index contributed by atoms with van der Waals surface area (Å²) in [5.74, 6) is 1.24. The van der Waals surface area contributed by atoms with Gasteiger partial charge < -0.3 is 13.7 Å². The molecule has 0 N–H and O–H groups in total. The molecule has 14 rings (SSSR count). The van der Waals surface area contributed by atoms with Crippen molar-refractivity contribution in [3.63, 3.8) is 0 Å². The van der Waals surface area contributed by atoms with E-state index in [1.165, 1.54) is 27.6 Å². The Balaban J connectivity index is 1.08. The largest absolute Gasteiger partial charge is 0.309 e. The first-order chi connectivity index (χ1) is 34.6. The summed E-state index contributed by atoms with van der Waals surface area (Å²) in [5.41, 5.74) is 13.6. The summed E-state index contributed by atoms with van der Waals surface area (Å²) in [7, 11) is 0. The fraction of sp³-hybridized carbons (Fsp3) is 0. The lowest BCUT2D eigenvalue weighted by Gasteiger charge is -2.16. The first kappa shape index (κ1) is 39.7. The van der Waals surface area contributed by atoms with E-state index in [1.807, 2.05) is 66.7 Å². The predicted octanol–water partition coefficient (Wildman–Crippen LogP) is 16.0. The van der Waals surface area contributed by atoms with Gasteiger partial charge in [0.2, 0.25) is 0 Å². The van der Waals surface area contributed by atoms with Crippen molar-refractivity contribution in [3.8, 4) is 62.4 Å². The maximum atomic E-state index is 15.3. The lowest BCUT2D eigenvalue weighted by Crippen LogP contribution is -2.03. The Hall–Kier alpha value is -9.46. The summed E-state index contributed by atoms with van der Waals surface area (Å²) in [6, 6.07) is 81.3. The number of nitrogens with zero attached hydrogens (tertiary/aromatic N) is 6. The average molecular weight is 899 g/mol. The van der Waals surface area contributed by atoms with Crippen LogP contribution in [0.1, 0.15) is 0 Å². The van der Waals surface area contributed by atoms with E-state index in [-0.39, 0.29) is 5.82 Å². The molecule has 7 heteroatoms. The van der Waals surface area contributed by atoms with Crippen LogP contribution in [-0.4, -0.2) is 28.7 Å². The van der Waals surface area contributed by atoms with E-state index in [0.717, 1.165) is 83.2 Å². The zero-order valence-electron chi connectivity index (χ0n) is 37.6. The van der Waals surface area contributed by atoms with Gasteiger partial charge in [0.15, 0.2) is 17.5 Å². The second-order valence-electron chi connectivity index (χ2n) is 17.8. The lowest BCUT2D eigenvalue weighted by atomic mass is 9.98. The number of halogens is 1. The van der Waals surface area contributed by atoms with Gasteiger partial charge in [0.25, 0.3) is 0 Å². The SMILES string of the molecule is Fc1cccc(-c2ccc(-n3c4cc(-n5c6ccccc6c6ccccc65)ccc4c4ccc(-n5c6ccccc6c6ccccc65)cc43)cc2-c2nc(-c3ccccc3)nc(-c3ccccc3)n2)c1. The first-order valence-corrected chi connectivity index (χ1v) is 23.5. The highest BCUT2D eigenvalue weighted by atomic mass is 19.1. The molecule has 6 nitrogen and oxygen atoms in total. The van der Waals surface area contributed by atoms with Crippen LogP contribution in [0.3, 0.4) is 0 Å². The molecule has 0 saturated carbocycles. The van der Waals surface area contributed by atoms with Crippen molar-refractivity contribution >= 4 is 65.4 Å². The molecule has 0 bridgehead atoms. The standard InChI is InChI=1S/C63H39FN6/c64-43-21-15-20-42(36-43)47-33-30-44(37-54(47)63-66-61(40-16-3-1-4-17-40)65-62(67-63)41-18-5-2-6-19-41)70-59-38-45(68-55-26-11-7-22-48(55)49-23-8-12-27-56(49)68)31-34-52(59)53-35-32-46(39-60(53)70)69-57-28-13-9-24-50(57)51-25-10-14-29-58(51)69/h1-39H. The van der Waals surface area contributed by atoms with Gasteiger partial charge in [0.05, 0.1) is 33.1 Å². The number of rotatable bonds is 7. The van der Waals surface area contributed by atoms with Crippen LogP contribution < -0.4 is 0 Å². The molecule has 4 heterocycles. The van der Waals surface area contributed by atoms with Gasteiger partial charge in [0, 0.05) is 66.1 Å². The van der Waals surface area contributed by atoms with Crippen molar-refractivity contribution < 1.29 is 4.39 Å². The van der Waals surface area contributed by atoms with Gasteiger partial charge in [-0.1, -0.05) is 164 Å². The van der Waals surface area contributed by atoms with Gasteiger partial charge >= 0.3 is 0 Å². The number of para-hydroxylation sites is 4.